The zero-order chi connectivity index (χ0) is 13.7. The van der Waals surface area contributed by atoms with Crippen LogP contribution in [0.4, 0.5) is 0 Å². The molecule has 3 unspecified atom stereocenters. The summed E-state index contributed by atoms with van der Waals surface area (Å²) in [6.07, 6.45) is 8.15. The Morgan fingerprint density at radius 3 is 2.68 bits per heavy atom. The van der Waals surface area contributed by atoms with Gasteiger partial charge in [-0.05, 0) is 39.3 Å². The van der Waals surface area contributed by atoms with Crippen LogP contribution in [0.5, 0.6) is 0 Å². The van der Waals surface area contributed by atoms with E-state index in [4.69, 9.17) is 0 Å². The summed E-state index contributed by atoms with van der Waals surface area (Å²) >= 11 is 0. The maximum atomic E-state index is 3.57. The van der Waals surface area contributed by atoms with Crippen molar-refractivity contribution in [1.29, 1.82) is 0 Å². The van der Waals surface area contributed by atoms with Crippen molar-refractivity contribution in [3.63, 3.8) is 0 Å². The number of likely N-dealkylation sites (N-methyl/N-ethyl adjacent to an activating group) is 1. The van der Waals surface area contributed by atoms with E-state index >= 15 is 0 Å². The highest BCUT2D eigenvalue weighted by molar-refractivity contribution is 4.91. The third kappa shape index (κ3) is 3.71. The Labute approximate surface area is 119 Å². The predicted octanol–water partition coefficient (Wildman–Crippen LogP) is 2.32. The van der Waals surface area contributed by atoms with Crippen LogP contribution in [-0.2, 0) is 0 Å². The van der Waals surface area contributed by atoms with Crippen LogP contribution < -0.4 is 5.32 Å². The van der Waals surface area contributed by atoms with E-state index in [2.05, 4.69) is 36.0 Å². The Morgan fingerprint density at radius 2 is 2.00 bits per heavy atom. The van der Waals surface area contributed by atoms with Gasteiger partial charge in [-0.15, -0.1) is 0 Å². The van der Waals surface area contributed by atoms with Crippen LogP contribution in [0.1, 0.15) is 52.4 Å². The van der Waals surface area contributed by atoms with Crippen molar-refractivity contribution in [3.05, 3.63) is 0 Å². The average Bonchev–Trinajstić information content (AvgIpc) is 2.47. The van der Waals surface area contributed by atoms with Crippen molar-refractivity contribution in [2.75, 3.05) is 33.2 Å². The zero-order valence-corrected chi connectivity index (χ0v) is 13.2. The lowest BCUT2D eigenvalue weighted by atomic mass is 9.94. The van der Waals surface area contributed by atoms with Gasteiger partial charge < -0.3 is 5.32 Å². The number of fused-ring (bicyclic) bond motifs is 1. The molecule has 0 aliphatic carbocycles. The molecule has 2 heterocycles. The zero-order valence-electron chi connectivity index (χ0n) is 13.2. The summed E-state index contributed by atoms with van der Waals surface area (Å²) in [5, 5.41) is 3.57. The van der Waals surface area contributed by atoms with Gasteiger partial charge in [0.05, 0.1) is 0 Å². The van der Waals surface area contributed by atoms with E-state index < -0.39 is 0 Å². The van der Waals surface area contributed by atoms with Gasteiger partial charge in [-0.2, -0.15) is 0 Å². The van der Waals surface area contributed by atoms with Gasteiger partial charge in [-0.3, -0.25) is 9.80 Å². The average molecular weight is 267 g/mol. The molecule has 0 aromatic heterocycles. The summed E-state index contributed by atoms with van der Waals surface area (Å²) in [5.74, 6) is 0. The van der Waals surface area contributed by atoms with Gasteiger partial charge in [0.2, 0.25) is 0 Å². The van der Waals surface area contributed by atoms with E-state index in [0.717, 1.165) is 12.1 Å². The monoisotopic (exact) mass is 267 g/mol. The summed E-state index contributed by atoms with van der Waals surface area (Å²) < 4.78 is 0. The molecule has 2 aliphatic heterocycles. The lowest BCUT2D eigenvalue weighted by Crippen LogP contribution is -2.60. The van der Waals surface area contributed by atoms with Crippen LogP contribution in [0.15, 0.2) is 0 Å². The Balaban J connectivity index is 1.94. The summed E-state index contributed by atoms with van der Waals surface area (Å²) in [4.78, 5) is 5.52. The van der Waals surface area contributed by atoms with Crippen molar-refractivity contribution in [2.45, 2.75) is 70.5 Å². The van der Waals surface area contributed by atoms with Gasteiger partial charge in [-0.25, -0.2) is 0 Å². The smallest absolute Gasteiger partial charge is 0.0247 e. The quantitative estimate of drug-likeness (QED) is 0.797. The Morgan fingerprint density at radius 1 is 1.16 bits per heavy atom. The van der Waals surface area contributed by atoms with E-state index in [1.165, 1.54) is 64.7 Å². The molecule has 0 radical (unpaired) electrons. The molecule has 0 bridgehead atoms. The fourth-order valence-corrected chi connectivity index (χ4v) is 4.12. The maximum absolute atomic E-state index is 3.57. The second-order valence-corrected chi connectivity index (χ2v) is 6.34. The third-order valence-electron chi connectivity index (χ3n) is 5.19. The summed E-state index contributed by atoms with van der Waals surface area (Å²) in [7, 11) is 2.14. The number of nitrogens with one attached hydrogen (secondary N) is 1. The molecule has 3 heteroatoms. The van der Waals surface area contributed by atoms with Crippen molar-refractivity contribution >= 4 is 0 Å². The molecule has 0 aromatic carbocycles. The normalized spacial score (nSPS) is 28.9. The minimum absolute atomic E-state index is 0.671. The van der Waals surface area contributed by atoms with Crippen LogP contribution in [0.25, 0.3) is 0 Å². The van der Waals surface area contributed by atoms with Gasteiger partial charge in [-0.1, -0.05) is 26.7 Å². The molecule has 2 aliphatic rings. The second kappa shape index (κ2) is 7.61. The van der Waals surface area contributed by atoms with Crippen LogP contribution >= 0.6 is 0 Å². The molecule has 112 valence electrons. The standard InChI is InChI=1S/C16H33N3/c1-4-8-15(17-3)16(5-2)19-12-11-18-10-7-6-9-14(18)13-19/h14-17H,4-13H2,1-3H3. The van der Waals surface area contributed by atoms with Crippen molar-refractivity contribution in [2.24, 2.45) is 0 Å². The molecule has 1 N–H and O–H groups in total. The van der Waals surface area contributed by atoms with E-state index in [1.807, 2.05) is 0 Å². The largest absolute Gasteiger partial charge is 0.315 e. The molecule has 0 aromatic rings. The molecular weight excluding hydrogens is 234 g/mol. The van der Waals surface area contributed by atoms with Crippen molar-refractivity contribution in [3.8, 4) is 0 Å². The first-order valence-electron chi connectivity index (χ1n) is 8.45. The van der Waals surface area contributed by atoms with Crippen LogP contribution in [0.3, 0.4) is 0 Å². The molecular formula is C16H33N3. The number of rotatable bonds is 6. The Bertz CT molecular complexity index is 256. The Kier molecular flexibility index (Phi) is 6.11. The first-order chi connectivity index (χ1) is 9.30. The molecule has 0 amide bonds. The van der Waals surface area contributed by atoms with Gasteiger partial charge in [0.25, 0.3) is 0 Å². The number of piperidine rings is 1. The Hall–Kier alpha value is -0.120. The number of hydrogen-bond donors (Lipinski definition) is 1. The van der Waals surface area contributed by atoms with Gasteiger partial charge in [0.1, 0.15) is 0 Å². The molecule has 19 heavy (non-hydrogen) atoms. The molecule has 0 spiro atoms. The minimum Gasteiger partial charge on any atom is -0.315 e. The molecule has 3 atom stereocenters. The third-order valence-corrected chi connectivity index (χ3v) is 5.19. The highest BCUT2D eigenvalue weighted by Gasteiger charge is 2.33. The maximum Gasteiger partial charge on any atom is 0.0247 e. The first kappa shape index (κ1) is 15.3. The minimum atomic E-state index is 0.671. The van der Waals surface area contributed by atoms with Gasteiger partial charge >= 0.3 is 0 Å². The lowest BCUT2D eigenvalue weighted by molar-refractivity contribution is 0.0166. The van der Waals surface area contributed by atoms with E-state index in [9.17, 15) is 0 Å². The fraction of sp³-hybridized carbons (Fsp3) is 1.00. The first-order valence-corrected chi connectivity index (χ1v) is 8.45. The highest BCUT2D eigenvalue weighted by Crippen LogP contribution is 2.24. The molecule has 2 fully saturated rings. The summed E-state index contributed by atoms with van der Waals surface area (Å²) in [5.41, 5.74) is 0. The van der Waals surface area contributed by atoms with Crippen LogP contribution in [0, 0.1) is 0 Å². The SMILES string of the molecule is CCCC(NC)C(CC)N1CCN2CCCCC2C1. The highest BCUT2D eigenvalue weighted by atomic mass is 15.3. The van der Waals surface area contributed by atoms with E-state index in [0.29, 0.717) is 6.04 Å². The second-order valence-electron chi connectivity index (χ2n) is 6.34. The van der Waals surface area contributed by atoms with Crippen molar-refractivity contribution in [1.82, 2.24) is 15.1 Å². The topological polar surface area (TPSA) is 18.5 Å². The van der Waals surface area contributed by atoms with E-state index in [-0.39, 0.29) is 0 Å². The number of piperazine rings is 1. The lowest BCUT2D eigenvalue weighted by Gasteiger charge is -2.48. The molecule has 2 saturated heterocycles. The van der Waals surface area contributed by atoms with E-state index in [1.54, 1.807) is 0 Å². The number of hydrogen-bond acceptors (Lipinski definition) is 3. The number of nitrogens with zero attached hydrogens (tertiary/aromatic N) is 2. The van der Waals surface area contributed by atoms with Crippen LogP contribution in [-0.4, -0.2) is 61.2 Å². The summed E-state index contributed by atoms with van der Waals surface area (Å²) in [6.45, 7) is 9.88. The molecule has 2 rings (SSSR count). The molecule has 3 nitrogen and oxygen atoms in total. The molecule has 0 saturated carbocycles. The van der Waals surface area contributed by atoms with Crippen LogP contribution in [0.2, 0.25) is 0 Å². The van der Waals surface area contributed by atoms with Gasteiger partial charge in [0, 0.05) is 37.8 Å². The predicted molar refractivity (Wildman–Crippen MR) is 82.6 cm³/mol. The summed E-state index contributed by atoms with van der Waals surface area (Å²) in [6, 6.07) is 2.25. The fourth-order valence-electron chi connectivity index (χ4n) is 4.12. The van der Waals surface area contributed by atoms with Crippen molar-refractivity contribution < 1.29 is 0 Å². The van der Waals surface area contributed by atoms with Gasteiger partial charge in [0.15, 0.2) is 0 Å².